The molecule has 0 radical (unpaired) electrons. The van der Waals surface area contributed by atoms with Crippen LogP contribution in [0.25, 0.3) is 0 Å². The Kier molecular flexibility index (Phi) is 15.4. The summed E-state index contributed by atoms with van der Waals surface area (Å²) in [5, 5.41) is 0. The maximum absolute atomic E-state index is 9.08. The summed E-state index contributed by atoms with van der Waals surface area (Å²) >= 11 is 0. The molecule has 0 spiro atoms. The lowest BCUT2D eigenvalue weighted by molar-refractivity contribution is 0.291. The summed E-state index contributed by atoms with van der Waals surface area (Å²) in [5.41, 5.74) is 1.49. The number of unbranched alkanes of at least 4 members (excludes halogenated alkanes) is 9. The molecule has 0 bridgehead atoms. The topological polar surface area (TPSA) is 57.2 Å². The smallest absolute Gasteiger partial charge is 0.132 e. The maximum atomic E-state index is 9.08. The van der Waals surface area contributed by atoms with Gasteiger partial charge in [0, 0.05) is 6.26 Å². The molecule has 5 heteroatoms. The van der Waals surface area contributed by atoms with Crippen LogP contribution in [0.15, 0.2) is 30.3 Å². The molecule has 0 heterocycles. The van der Waals surface area contributed by atoms with Crippen molar-refractivity contribution < 1.29 is 13.0 Å². The first kappa shape index (κ1) is 27.1. The molecule has 28 heavy (non-hydrogen) atoms. The number of hydrogen-bond acceptors (Lipinski definition) is 3. The van der Waals surface area contributed by atoms with Crippen molar-refractivity contribution in [2.24, 2.45) is 0 Å². The van der Waals surface area contributed by atoms with Crippen molar-refractivity contribution >= 4 is 15.8 Å². The molecule has 0 amide bonds. The fraction of sp³-hybridized carbons (Fsp3) is 0.739. The fourth-order valence-corrected chi connectivity index (χ4v) is 3.68. The van der Waals surface area contributed by atoms with Gasteiger partial charge < -0.3 is 4.55 Å². The molecule has 4 nitrogen and oxygen atoms in total. The molecule has 0 aliphatic rings. The average molecular weight is 414 g/mol. The summed E-state index contributed by atoms with van der Waals surface area (Å²) in [6.45, 7) is 10.7. The van der Waals surface area contributed by atoms with Gasteiger partial charge in [0.15, 0.2) is 0 Å². The second kappa shape index (κ2) is 15.9. The highest BCUT2D eigenvalue weighted by Crippen LogP contribution is 2.23. The van der Waals surface area contributed by atoms with Crippen LogP contribution in [0, 0.1) is 0 Å². The van der Waals surface area contributed by atoms with E-state index in [1.807, 2.05) is 0 Å². The zero-order valence-electron chi connectivity index (χ0n) is 18.7. The van der Waals surface area contributed by atoms with Crippen molar-refractivity contribution in [1.82, 2.24) is 4.48 Å². The van der Waals surface area contributed by atoms with E-state index in [0.717, 1.165) is 4.48 Å². The van der Waals surface area contributed by atoms with E-state index in [0.29, 0.717) is 6.26 Å². The van der Waals surface area contributed by atoms with Crippen LogP contribution in [0.3, 0.4) is 0 Å². The Labute approximate surface area is 174 Å². The van der Waals surface area contributed by atoms with E-state index in [4.69, 9.17) is 13.0 Å². The van der Waals surface area contributed by atoms with E-state index in [9.17, 15) is 0 Å². The standard InChI is InChI=1S/C22H40N.CH4O3S/c1-4-7-8-9-10-11-12-13-14-18-21-23(5-2,6-3)22-19-16-15-17-20-22;1-5(2,3)4/h15-17,19-20H,4-14,18,21H2,1-3H3;1H3,(H,2,3,4)/q+1;/p-1. The minimum absolute atomic E-state index is 0.604. The molecule has 0 aliphatic heterocycles. The van der Waals surface area contributed by atoms with Crippen LogP contribution in [0.5, 0.6) is 0 Å². The van der Waals surface area contributed by atoms with Gasteiger partial charge in [-0.25, -0.2) is 8.42 Å². The van der Waals surface area contributed by atoms with E-state index < -0.39 is 10.1 Å². The molecule has 0 N–H and O–H groups in total. The summed E-state index contributed by atoms with van der Waals surface area (Å²) in [6.07, 6.45) is 14.8. The third kappa shape index (κ3) is 14.1. The highest BCUT2D eigenvalue weighted by atomic mass is 32.2. The van der Waals surface area contributed by atoms with Crippen molar-refractivity contribution in [3.05, 3.63) is 30.3 Å². The van der Waals surface area contributed by atoms with Crippen LogP contribution >= 0.6 is 0 Å². The quantitative estimate of drug-likeness (QED) is 0.210. The van der Waals surface area contributed by atoms with Crippen molar-refractivity contribution in [2.45, 2.75) is 85.0 Å². The van der Waals surface area contributed by atoms with Gasteiger partial charge in [-0.2, -0.15) is 0 Å². The van der Waals surface area contributed by atoms with E-state index in [-0.39, 0.29) is 0 Å². The molecule has 0 fully saturated rings. The van der Waals surface area contributed by atoms with Gasteiger partial charge in [-0.05, 0) is 38.8 Å². The number of para-hydroxylation sites is 1. The van der Waals surface area contributed by atoms with E-state index in [2.05, 4.69) is 51.1 Å². The number of quaternary nitrogens is 1. The van der Waals surface area contributed by atoms with Gasteiger partial charge in [-0.3, -0.25) is 4.48 Å². The van der Waals surface area contributed by atoms with Crippen molar-refractivity contribution in [1.29, 1.82) is 0 Å². The first-order chi connectivity index (χ1) is 13.3. The maximum Gasteiger partial charge on any atom is 0.132 e. The first-order valence-corrected chi connectivity index (χ1v) is 12.9. The van der Waals surface area contributed by atoms with Crippen LogP contribution in [-0.2, 0) is 10.1 Å². The van der Waals surface area contributed by atoms with Gasteiger partial charge in [0.1, 0.15) is 5.69 Å². The van der Waals surface area contributed by atoms with E-state index in [1.54, 1.807) is 0 Å². The van der Waals surface area contributed by atoms with Gasteiger partial charge in [0.05, 0.1) is 29.8 Å². The van der Waals surface area contributed by atoms with Crippen LogP contribution in [0.4, 0.5) is 5.69 Å². The Balaban J connectivity index is 0.00000129. The third-order valence-electron chi connectivity index (χ3n) is 5.45. The molecule has 0 saturated carbocycles. The Morgan fingerprint density at radius 2 is 1.14 bits per heavy atom. The molecule has 1 aromatic rings. The van der Waals surface area contributed by atoms with Crippen LogP contribution < -0.4 is 4.48 Å². The Bertz CT molecular complexity index is 561. The molecule has 1 aromatic carbocycles. The number of nitrogens with zero attached hydrogens (tertiary/aromatic N) is 1. The molecular formula is C23H43NO3S. The van der Waals surface area contributed by atoms with Crippen molar-refractivity contribution in [3.63, 3.8) is 0 Å². The average Bonchev–Trinajstić information content (AvgIpc) is 2.66. The van der Waals surface area contributed by atoms with E-state index >= 15 is 0 Å². The summed E-state index contributed by atoms with van der Waals surface area (Å²) in [4.78, 5) is 0. The van der Waals surface area contributed by atoms with Crippen LogP contribution in [-0.4, -0.2) is 38.9 Å². The molecule has 0 aliphatic carbocycles. The largest absolute Gasteiger partial charge is 0.748 e. The third-order valence-corrected chi connectivity index (χ3v) is 5.45. The molecule has 0 unspecified atom stereocenters. The second-order valence-electron chi connectivity index (χ2n) is 7.72. The molecule has 0 aromatic heterocycles. The lowest BCUT2D eigenvalue weighted by atomic mass is 10.1. The highest BCUT2D eigenvalue weighted by Gasteiger charge is 2.25. The Morgan fingerprint density at radius 1 is 0.750 bits per heavy atom. The number of rotatable bonds is 14. The Morgan fingerprint density at radius 3 is 1.54 bits per heavy atom. The summed E-state index contributed by atoms with van der Waals surface area (Å²) in [6, 6.07) is 11.1. The minimum atomic E-state index is -3.92. The zero-order valence-corrected chi connectivity index (χ0v) is 19.5. The molecule has 0 atom stereocenters. The lowest BCUT2D eigenvalue weighted by Crippen LogP contribution is -2.49. The molecule has 164 valence electrons. The predicted octanol–water partition coefficient (Wildman–Crippen LogP) is 6.12. The summed E-state index contributed by atoms with van der Waals surface area (Å²) < 4.78 is 28.4. The summed E-state index contributed by atoms with van der Waals surface area (Å²) in [5.74, 6) is 0. The van der Waals surface area contributed by atoms with Gasteiger partial charge in [0.2, 0.25) is 0 Å². The normalized spacial score (nSPS) is 11.8. The Hall–Kier alpha value is -0.910. The zero-order chi connectivity index (χ0) is 21.3. The van der Waals surface area contributed by atoms with Crippen LogP contribution in [0.1, 0.15) is 85.0 Å². The highest BCUT2D eigenvalue weighted by molar-refractivity contribution is 7.84. The number of benzene rings is 1. The molecule has 1 rings (SSSR count). The predicted molar refractivity (Wildman–Crippen MR) is 122 cm³/mol. The summed E-state index contributed by atoms with van der Waals surface area (Å²) in [7, 11) is -3.92. The molecule has 0 saturated heterocycles. The van der Waals surface area contributed by atoms with Gasteiger partial charge >= 0.3 is 0 Å². The van der Waals surface area contributed by atoms with Gasteiger partial charge in [0.25, 0.3) is 0 Å². The van der Waals surface area contributed by atoms with Crippen molar-refractivity contribution in [3.8, 4) is 0 Å². The number of hydrogen-bond donors (Lipinski definition) is 0. The van der Waals surface area contributed by atoms with E-state index in [1.165, 1.54) is 89.5 Å². The monoisotopic (exact) mass is 413 g/mol. The van der Waals surface area contributed by atoms with Crippen molar-refractivity contribution in [2.75, 3.05) is 25.9 Å². The van der Waals surface area contributed by atoms with Crippen LogP contribution in [0.2, 0.25) is 0 Å². The minimum Gasteiger partial charge on any atom is -0.748 e. The first-order valence-electron chi connectivity index (χ1n) is 11.1. The van der Waals surface area contributed by atoms with Gasteiger partial charge in [-0.1, -0.05) is 76.5 Å². The second-order valence-corrected chi connectivity index (χ2v) is 9.13. The van der Waals surface area contributed by atoms with Gasteiger partial charge in [-0.15, -0.1) is 0 Å². The SMILES string of the molecule is CCCCCCCCCCCC[N+](CC)(CC)c1ccccc1.CS(=O)(=O)[O-]. The molecular weight excluding hydrogens is 370 g/mol. The lowest BCUT2D eigenvalue weighted by Gasteiger charge is -2.36. The fourth-order valence-electron chi connectivity index (χ4n) is 3.68.